The van der Waals surface area contributed by atoms with Gasteiger partial charge in [0, 0.05) is 6.54 Å². The molecule has 0 radical (unpaired) electrons. The summed E-state index contributed by atoms with van der Waals surface area (Å²) in [5.41, 5.74) is 6.65. The second-order valence-corrected chi connectivity index (χ2v) is 3.57. The fourth-order valence-electron chi connectivity index (χ4n) is 1.11. The van der Waals surface area contributed by atoms with Crippen molar-refractivity contribution < 1.29 is 0 Å². The molecule has 0 fully saturated rings. The SMILES string of the molecule is CN(C)C(CN)c1[nH]cnc1Br. The lowest BCUT2D eigenvalue weighted by Gasteiger charge is -2.21. The van der Waals surface area contributed by atoms with Crippen molar-refractivity contribution in [3.8, 4) is 0 Å². The van der Waals surface area contributed by atoms with Gasteiger partial charge >= 0.3 is 0 Å². The molecule has 0 bridgehead atoms. The van der Waals surface area contributed by atoms with E-state index in [1.807, 2.05) is 14.1 Å². The van der Waals surface area contributed by atoms with Crippen molar-refractivity contribution in [2.45, 2.75) is 6.04 Å². The monoisotopic (exact) mass is 232 g/mol. The Labute approximate surface area is 80.3 Å². The van der Waals surface area contributed by atoms with Crippen LogP contribution in [0, 0.1) is 0 Å². The number of imidazole rings is 1. The van der Waals surface area contributed by atoms with Gasteiger partial charge < -0.3 is 10.7 Å². The maximum Gasteiger partial charge on any atom is 0.128 e. The molecule has 1 unspecified atom stereocenters. The maximum atomic E-state index is 5.62. The number of aromatic amines is 1. The molecule has 0 saturated carbocycles. The first-order valence-corrected chi connectivity index (χ1v) is 4.51. The van der Waals surface area contributed by atoms with Crippen LogP contribution >= 0.6 is 15.9 Å². The minimum absolute atomic E-state index is 0.196. The third-order valence-electron chi connectivity index (χ3n) is 1.80. The van der Waals surface area contributed by atoms with Crippen molar-refractivity contribution in [1.29, 1.82) is 0 Å². The number of aromatic nitrogens is 2. The number of nitrogens with one attached hydrogen (secondary N) is 1. The summed E-state index contributed by atoms with van der Waals surface area (Å²) in [6.45, 7) is 0.577. The fourth-order valence-corrected chi connectivity index (χ4v) is 1.59. The summed E-state index contributed by atoms with van der Waals surface area (Å²) in [6, 6.07) is 0.196. The van der Waals surface area contributed by atoms with Crippen molar-refractivity contribution >= 4 is 15.9 Å². The highest BCUT2D eigenvalue weighted by molar-refractivity contribution is 9.10. The minimum atomic E-state index is 0.196. The summed E-state index contributed by atoms with van der Waals surface area (Å²) in [6.07, 6.45) is 1.66. The van der Waals surface area contributed by atoms with Crippen LogP contribution in [0.25, 0.3) is 0 Å². The molecule has 1 aromatic rings. The highest BCUT2D eigenvalue weighted by Crippen LogP contribution is 2.21. The number of hydrogen-bond donors (Lipinski definition) is 2. The summed E-state index contributed by atoms with van der Waals surface area (Å²) in [5, 5.41) is 0. The molecule has 0 aromatic carbocycles. The van der Waals surface area contributed by atoms with Crippen molar-refractivity contribution in [2.75, 3.05) is 20.6 Å². The average Bonchev–Trinajstić information content (AvgIpc) is 2.38. The van der Waals surface area contributed by atoms with E-state index >= 15 is 0 Å². The zero-order valence-electron chi connectivity index (χ0n) is 7.21. The van der Waals surface area contributed by atoms with Gasteiger partial charge in [0.1, 0.15) is 4.60 Å². The standard InChI is InChI=1S/C7H13BrN4/c1-12(2)5(3-9)6-7(8)11-4-10-6/h4-5H,3,9H2,1-2H3,(H,10,11). The van der Waals surface area contributed by atoms with Crippen LogP contribution in [0.5, 0.6) is 0 Å². The molecular weight excluding hydrogens is 220 g/mol. The molecule has 1 rings (SSSR count). The lowest BCUT2D eigenvalue weighted by molar-refractivity contribution is 0.300. The van der Waals surface area contributed by atoms with Gasteiger partial charge in [-0.05, 0) is 30.0 Å². The maximum absolute atomic E-state index is 5.62. The molecule has 5 heteroatoms. The van der Waals surface area contributed by atoms with E-state index in [2.05, 4.69) is 30.8 Å². The predicted octanol–water partition coefficient (Wildman–Crippen LogP) is 0.734. The largest absolute Gasteiger partial charge is 0.346 e. The van der Waals surface area contributed by atoms with E-state index in [1.165, 1.54) is 0 Å². The Balaban J connectivity index is 2.87. The molecule has 1 aromatic heterocycles. The van der Waals surface area contributed by atoms with Crippen LogP contribution in [-0.4, -0.2) is 35.5 Å². The third kappa shape index (κ3) is 1.85. The van der Waals surface area contributed by atoms with Gasteiger partial charge in [0.05, 0.1) is 18.1 Å². The highest BCUT2D eigenvalue weighted by Gasteiger charge is 2.16. The number of rotatable bonds is 3. The Hall–Kier alpha value is -0.390. The molecule has 1 heterocycles. The van der Waals surface area contributed by atoms with Gasteiger partial charge in [0.2, 0.25) is 0 Å². The first-order chi connectivity index (χ1) is 5.66. The molecular formula is C7H13BrN4. The van der Waals surface area contributed by atoms with Crippen molar-refractivity contribution in [2.24, 2.45) is 5.73 Å². The first-order valence-electron chi connectivity index (χ1n) is 3.72. The van der Waals surface area contributed by atoms with Crippen LogP contribution < -0.4 is 5.73 Å². The zero-order valence-corrected chi connectivity index (χ0v) is 8.80. The molecule has 12 heavy (non-hydrogen) atoms. The molecule has 3 N–H and O–H groups in total. The lowest BCUT2D eigenvalue weighted by Crippen LogP contribution is -2.27. The summed E-state index contributed by atoms with van der Waals surface area (Å²) in [7, 11) is 3.98. The number of H-pyrrole nitrogens is 1. The second-order valence-electron chi connectivity index (χ2n) is 2.82. The van der Waals surface area contributed by atoms with Gasteiger partial charge in [-0.1, -0.05) is 0 Å². The fraction of sp³-hybridized carbons (Fsp3) is 0.571. The van der Waals surface area contributed by atoms with E-state index < -0.39 is 0 Å². The van der Waals surface area contributed by atoms with E-state index in [9.17, 15) is 0 Å². The molecule has 0 aliphatic carbocycles. The number of nitrogens with two attached hydrogens (primary N) is 1. The molecule has 0 aliphatic heterocycles. The number of nitrogens with zero attached hydrogens (tertiary/aromatic N) is 2. The Kier molecular flexibility index (Phi) is 3.25. The topological polar surface area (TPSA) is 57.9 Å². The van der Waals surface area contributed by atoms with E-state index in [0.29, 0.717) is 6.54 Å². The van der Waals surface area contributed by atoms with Gasteiger partial charge in [0.25, 0.3) is 0 Å². The Bertz CT molecular complexity index is 245. The van der Waals surface area contributed by atoms with Crippen LogP contribution in [0.1, 0.15) is 11.7 Å². The van der Waals surface area contributed by atoms with Crippen molar-refractivity contribution in [1.82, 2.24) is 14.9 Å². The first kappa shape index (κ1) is 9.70. The number of halogens is 1. The van der Waals surface area contributed by atoms with Crippen molar-refractivity contribution in [3.05, 3.63) is 16.6 Å². The van der Waals surface area contributed by atoms with Gasteiger partial charge in [-0.3, -0.25) is 4.90 Å². The van der Waals surface area contributed by atoms with Gasteiger partial charge in [0.15, 0.2) is 0 Å². The Morgan fingerprint density at radius 2 is 2.42 bits per heavy atom. The predicted molar refractivity (Wildman–Crippen MR) is 51.8 cm³/mol. The highest BCUT2D eigenvalue weighted by atomic mass is 79.9. The van der Waals surface area contributed by atoms with Crippen LogP contribution in [0.4, 0.5) is 0 Å². The van der Waals surface area contributed by atoms with Crippen LogP contribution in [0.2, 0.25) is 0 Å². The van der Waals surface area contributed by atoms with E-state index in [0.717, 1.165) is 10.3 Å². The third-order valence-corrected chi connectivity index (χ3v) is 2.43. The summed E-state index contributed by atoms with van der Waals surface area (Å²) in [4.78, 5) is 9.16. The van der Waals surface area contributed by atoms with Gasteiger partial charge in [-0.15, -0.1) is 0 Å². The molecule has 0 saturated heterocycles. The zero-order chi connectivity index (χ0) is 9.14. The van der Waals surface area contributed by atoms with Gasteiger partial charge in [-0.2, -0.15) is 0 Å². The average molecular weight is 233 g/mol. The van der Waals surface area contributed by atoms with Crippen molar-refractivity contribution in [3.63, 3.8) is 0 Å². The van der Waals surface area contributed by atoms with Gasteiger partial charge in [-0.25, -0.2) is 4.98 Å². The summed E-state index contributed by atoms with van der Waals surface area (Å²) in [5.74, 6) is 0. The Morgan fingerprint density at radius 3 is 2.75 bits per heavy atom. The molecule has 1 atom stereocenters. The quantitative estimate of drug-likeness (QED) is 0.809. The lowest BCUT2D eigenvalue weighted by atomic mass is 10.2. The smallest absolute Gasteiger partial charge is 0.128 e. The minimum Gasteiger partial charge on any atom is -0.346 e. The molecule has 0 spiro atoms. The molecule has 4 nitrogen and oxygen atoms in total. The Morgan fingerprint density at radius 1 is 1.75 bits per heavy atom. The number of hydrogen-bond acceptors (Lipinski definition) is 3. The van der Waals surface area contributed by atoms with Crippen LogP contribution in [0.15, 0.2) is 10.9 Å². The van der Waals surface area contributed by atoms with Crippen LogP contribution in [-0.2, 0) is 0 Å². The van der Waals surface area contributed by atoms with E-state index in [1.54, 1.807) is 6.33 Å². The van der Waals surface area contributed by atoms with Crippen LogP contribution in [0.3, 0.4) is 0 Å². The molecule has 0 amide bonds. The number of likely N-dealkylation sites (N-methyl/N-ethyl adjacent to an activating group) is 1. The summed E-state index contributed by atoms with van der Waals surface area (Å²) < 4.78 is 0.839. The summed E-state index contributed by atoms with van der Waals surface area (Å²) >= 11 is 3.35. The van der Waals surface area contributed by atoms with E-state index in [4.69, 9.17) is 5.73 Å². The normalized spacial score (nSPS) is 13.8. The molecule has 68 valence electrons. The molecule has 0 aliphatic rings. The second kappa shape index (κ2) is 4.02. The van der Waals surface area contributed by atoms with E-state index in [-0.39, 0.29) is 6.04 Å².